The molecule has 1 atom stereocenters. The molecule has 0 unspecified atom stereocenters. The van der Waals surface area contributed by atoms with Crippen LogP contribution >= 0.6 is 0 Å². The molecule has 1 aromatic carbocycles. The standard InChI is InChI=1S/C21H29N5O2/c1-4-15(19-22-16-6-5-14(2)13-17(16)23-19)24-20(28)26-11-9-21(10-12-26)8-7-18(27)25(21)3/h5-6,13,15H,4,7-12H2,1-3H3,(H,22,23)(H,24,28)/t15-/m0/s1. The molecule has 3 amide bonds. The number of aromatic nitrogens is 2. The highest BCUT2D eigenvalue weighted by Gasteiger charge is 2.45. The van der Waals surface area contributed by atoms with Crippen LogP contribution in [-0.4, -0.2) is 57.4 Å². The van der Waals surface area contributed by atoms with Crippen molar-refractivity contribution >= 4 is 23.0 Å². The van der Waals surface area contributed by atoms with Crippen molar-refractivity contribution in [2.24, 2.45) is 0 Å². The van der Waals surface area contributed by atoms with E-state index < -0.39 is 0 Å². The Morgan fingerprint density at radius 3 is 2.71 bits per heavy atom. The first-order chi connectivity index (χ1) is 13.4. The molecule has 2 aromatic rings. The Morgan fingerprint density at radius 1 is 1.32 bits per heavy atom. The number of H-pyrrole nitrogens is 1. The zero-order valence-electron chi connectivity index (χ0n) is 16.9. The van der Waals surface area contributed by atoms with Gasteiger partial charge in [0.2, 0.25) is 5.91 Å². The van der Waals surface area contributed by atoms with Crippen LogP contribution in [0.2, 0.25) is 0 Å². The van der Waals surface area contributed by atoms with Crippen molar-refractivity contribution in [1.29, 1.82) is 0 Å². The van der Waals surface area contributed by atoms with Gasteiger partial charge in [-0.25, -0.2) is 9.78 Å². The van der Waals surface area contributed by atoms with Gasteiger partial charge in [0, 0.05) is 32.1 Å². The molecule has 0 bridgehead atoms. The highest BCUT2D eigenvalue weighted by molar-refractivity contribution is 5.80. The number of aryl methyl sites for hydroxylation is 1. The van der Waals surface area contributed by atoms with E-state index in [0.29, 0.717) is 19.5 Å². The van der Waals surface area contributed by atoms with Gasteiger partial charge in [-0.3, -0.25) is 4.79 Å². The number of nitrogens with one attached hydrogen (secondary N) is 2. The zero-order valence-corrected chi connectivity index (χ0v) is 16.9. The molecule has 1 aromatic heterocycles. The van der Waals surface area contributed by atoms with Crippen molar-refractivity contribution in [1.82, 2.24) is 25.1 Å². The number of imidazole rings is 1. The van der Waals surface area contributed by atoms with Crippen molar-refractivity contribution in [3.8, 4) is 0 Å². The molecule has 0 radical (unpaired) electrons. The lowest BCUT2D eigenvalue weighted by Crippen LogP contribution is -2.54. The maximum Gasteiger partial charge on any atom is 0.317 e. The highest BCUT2D eigenvalue weighted by atomic mass is 16.2. The van der Waals surface area contributed by atoms with Crippen molar-refractivity contribution in [2.45, 2.75) is 57.5 Å². The van der Waals surface area contributed by atoms with Crippen LogP contribution in [0.25, 0.3) is 11.0 Å². The lowest BCUT2D eigenvalue weighted by atomic mass is 9.85. The topological polar surface area (TPSA) is 81.3 Å². The molecular weight excluding hydrogens is 354 g/mol. The number of likely N-dealkylation sites (tertiary alicyclic amines) is 2. The fourth-order valence-electron chi connectivity index (χ4n) is 4.56. The van der Waals surface area contributed by atoms with Gasteiger partial charge in [0.05, 0.1) is 17.1 Å². The first kappa shape index (κ1) is 18.8. The summed E-state index contributed by atoms with van der Waals surface area (Å²) in [4.78, 5) is 36.6. The van der Waals surface area contributed by atoms with Gasteiger partial charge >= 0.3 is 6.03 Å². The van der Waals surface area contributed by atoms with Gasteiger partial charge in [0.1, 0.15) is 5.82 Å². The van der Waals surface area contributed by atoms with Crippen LogP contribution in [0.1, 0.15) is 56.5 Å². The normalized spacial score (nSPS) is 20.2. The van der Waals surface area contributed by atoms with Crippen molar-refractivity contribution in [3.63, 3.8) is 0 Å². The second kappa shape index (κ2) is 7.11. The quantitative estimate of drug-likeness (QED) is 0.854. The maximum atomic E-state index is 12.9. The smallest absolute Gasteiger partial charge is 0.317 e. The summed E-state index contributed by atoms with van der Waals surface area (Å²) < 4.78 is 0. The number of fused-ring (bicyclic) bond motifs is 1. The van der Waals surface area contributed by atoms with E-state index >= 15 is 0 Å². The highest BCUT2D eigenvalue weighted by Crippen LogP contribution is 2.37. The van der Waals surface area contributed by atoms with E-state index in [2.05, 4.69) is 28.3 Å². The molecule has 2 saturated heterocycles. The number of amides is 3. The molecule has 150 valence electrons. The van der Waals surface area contributed by atoms with Gasteiger partial charge in [-0.15, -0.1) is 0 Å². The average molecular weight is 383 g/mol. The number of aromatic amines is 1. The van der Waals surface area contributed by atoms with Crippen LogP contribution in [0.4, 0.5) is 4.79 Å². The zero-order chi connectivity index (χ0) is 19.9. The van der Waals surface area contributed by atoms with Crippen LogP contribution < -0.4 is 5.32 Å². The fraction of sp³-hybridized carbons (Fsp3) is 0.571. The molecule has 3 heterocycles. The number of hydrogen-bond donors (Lipinski definition) is 2. The van der Waals surface area contributed by atoms with Crippen LogP contribution in [0, 0.1) is 6.92 Å². The summed E-state index contributed by atoms with van der Waals surface area (Å²) in [5.74, 6) is 1.02. The van der Waals surface area contributed by atoms with E-state index in [1.165, 1.54) is 5.56 Å². The summed E-state index contributed by atoms with van der Waals surface area (Å²) in [5, 5.41) is 3.14. The van der Waals surface area contributed by atoms with E-state index in [4.69, 9.17) is 0 Å². The van der Waals surface area contributed by atoms with Gasteiger partial charge in [-0.2, -0.15) is 0 Å². The van der Waals surface area contributed by atoms with Gasteiger partial charge in [-0.1, -0.05) is 13.0 Å². The average Bonchev–Trinajstić information content (AvgIpc) is 3.23. The van der Waals surface area contributed by atoms with E-state index in [1.807, 2.05) is 35.9 Å². The molecule has 7 nitrogen and oxygen atoms in total. The Labute approximate surface area is 165 Å². The molecule has 2 fully saturated rings. The molecule has 2 aliphatic rings. The Hall–Kier alpha value is -2.57. The van der Waals surface area contributed by atoms with Gasteiger partial charge in [-0.05, 0) is 50.3 Å². The van der Waals surface area contributed by atoms with Crippen LogP contribution in [0.5, 0.6) is 0 Å². The Bertz CT molecular complexity index is 897. The number of benzene rings is 1. The van der Waals surface area contributed by atoms with Gasteiger partial charge < -0.3 is 20.1 Å². The number of carbonyl (C=O) groups is 2. The van der Waals surface area contributed by atoms with Crippen LogP contribution in [0.3, 0.4) is 0 Å². The van der Waals surface area contributed by atoms with E-state index in [9.17, 15) is 9.59 Å². The number of urea groups is 1. The molecule has 0 aliphatic carbocycles. The fourth-order valence-corrected chi connectivity index (χ4v) is 4.56. The molecule has 0 saturated carbocycles. The number of nitrogens with zero attached hydrogens (tertiary/aromatic N) is 3. The monoisotopic (exact) mass is 383 g/mol. The van der Waals surface area contributed by atoms with Crippen molar-refractivity contribution in [2.75, 3.05) is 20.1 Å². The van der Waals surface area contributed by atoms with Crippen molar-refractivity contribution in [3.05, 3.63) is 29.6 Å². The first-order valence-corrected chi connectivity index (χ1v) is 10.2. The predicted molar refractivity (Wildman–Crippen MR) is 108 cm³/mol. The summed E-state index contributed by atoms with van der Waals surface area (Å²) >= 11 is 0. The minimum Gasteiger partial charge on any atom is -0.340 e. The molecule has 2 N–H and O–H groups in total. The molecular formula is C21H29N5O2. The SMILES string of the molecule is CC[C@H](NC(=O)N1CCC2(CCC(=O)N2C)CC1)c1nc2ccc(C)cc2[nH]1. The number of rotatable bonds is 3. The molecule has 1 spiro atoms. The third-order valence-electron chi connectivity index (χ3n) is 6.56. The Morgan fingerprint density at radius 2 is 2.07 bits per heavy atom. The van der Waals surface area contributed by atoms with Crippen LogP contribution in [0.15, 0.2) is 18.2 Å². The third-order valence-corrected chi connectivity index (χ3v) is 6.56. The lowest BCUT2D eigenvalue weighted by Gasteiger charge is -2.43. The van der Waals surface area contributed by atoms with Gasteiger partial charge in [0.25, 0.3) is 0 Å². The second-order valence-corrected chi connectivity index (χ2v) is 8.22. The largest absolute Gasteiger partial charge is 0.340 e. The molecule has 28 heavy (non-hydrogen) atoms. The maximum absolute atomic E-state index is 12.9. The van der Waals surface area contributed by atoms with Gasteiger partial charge in [0.15, 0.2) is 0 Å². The Kier molecular flexibility index (Phi) is 4.77. The minimum atomic E-state index is -0.146. The van der Waals surface area contributed by atoms with E-state index in [-0.39, 0.29) is 23.5 Å². The Balaban J connectivity index is 1.41. The minimum absolute atomic E-state index is 0.0470. The summed E-state index contributed by atoms with van der Waals surface area (Å²) in [6, 6.07) is 5.92. The molecule has 7 heteroatoms. The van der Waals surface area contributed by atoms with Crippen LogP contribution in [-0.2, 0) is 4.79 Å². The van der Waals surface area contributed by atoms with E-state index in [1.54, 1.807) is 0 Å². The first-order valence-electron chi connectivity index (χ1n) is 10.2. The number of carbonyl (C=O) groups excluding carboxylic acids is 2. The summed E-state index contributed by atoms with van der Waals surface area (Å²) in [7, 11) is 1.90. The molecule has 2 aliphatic heterocycles. The van der Waals surface area contributed by atoms with Crippen molar-refractivity contribution < 1.29 is 9.59 Å². The molecule has 4 rings (SSSR count). The summed E-state index contributed by atoms with van der Waals surface area (Å²) in [6.07, 6.45) is 4.01. The summed E-state index contributed by atoms with van der Waals surface area (Å²) in [6.45, 7) is 5.46. The number of piperidine rings is 1. The predicted octanol–water partition coefficient (Wildman–Crippen LogP) is 3.12. The third kappa shape index (κ3) is 3.23. The number of hydrogen-bond acceptors (Lipinski definition) is 3. The lowest BCUT2D eigenvalue weighted by molar-refractivity contribution is -0.130. The second-order valence-electron chi connectivity index (χ2n) is 8.22. The summed E-state index contributed by atoms with van der Waals surface area (Å²) in [5.41, 5.74) is 3.05. The van der Waals surface area contributed by atoms with E-state index in [0.717, 1.165) is 42.5 Å².